The van der Waals surface area contributed by atoms with E-state index in [-0.39, 0.29) is 12.1 Å². The molecule has 0 aliphatic carbocycles. The summed E-state index contributed by atoms with van der Waals surface area (Å²) < 4.78 is 0. The molecule has 1 atom stereocenters. The van der Waals surface area contributed by atoms with Crippen molar-refractivity contribution >= 4 is 6.03 Å². The smallest absolute Gasteiger partial charge is 0.315 e. The molecule has 0 aromatic heterocycles. The minimum absolute atomic E-state index is 0.0815. The number of amides is 2. The zero-order chi connectivity index (χ0) is 12.7. The van der Waals surface area contributed by atoms with Crippen LogP contribution in [0.25, 0.3) is 0 Å². The standard InChI is InChI=1S/C14H22N2O/c1-4-10-15-14(17)16-13(5-2)12-9-7-6-8-11(12)3/h6-9,13H,4-5,10H2,1-3H3,(H2,15,16,17)/t13-/m1/s1. The van der Waals surface area contributed by atoms with Crippen LogP contribution in [0.5, 0.6) is 0 Å². The van der Waals surface area contributed by atoms with Crippen LogP contribution in [0.4, 0.5) is 4.79 Å². The summed E-state index contributed by atoms with van der Waals surface area (Å²) in [6.45, 7) is 6.91. The first-order valence-corrected chi connectivity index (χ1v) is 6.28. The summed E-state index contributed by atoms with van der Waals surface area (Å²) in [6, 6.07) is 8.18. The Morgan fingerprint density at radius 3 is 2.59 bits per heavy atom. The highest BCUT2D eigenvalue weighted by molar-refractivity contribution is 5.74. The van der Waals surface area contributed by atoms with Crippen molar-refractivity contribution in [3.05, 3.63) is 35.4 Å². The molecule has 0 saturated heterocycles. The Labute approximate surface area is 104 Å². The summed E-state index contributed by atoms with van der Waals surface area (Å²) in [5, 5.41) is 5.84. The lowest BCUT2D eigenvalue weighted by Gasteiger charge is -2.19. The van der Waals surface area contributed by atoms with Gasteiger partial charge >= 0.3 is 6.03 Å². The Balaban J connectivity index is 2.66. The quantitative estimate of drug-likeness (QED) is 0.807. The van der Waals surface area contributed by atoms with E-state index in [1.165, 1.54) is 11.1 Å². The molecule has 0 heterocycles. The first-order chi connectivity index (χ1) is 8.19. The van der Waals surface area contributed by atoms with Gasteiger partial charge in [0, 0.05) is 6.54 Å². The van der Waals surface area contributed by atoms with Crippen LogP contribution >= 0.6 is 0 Å². The van der Waals surface area contributed by atoms with Gasteiger partial charge in [-0.1, -0.05) is 38.1 Å². The summed E-state index contributed by atoms with van der Waals surface area (Å²) >= 11 is 0. The number of rotatable bonds is 5. The molecule has 2 N–H and O–H groups in total. The third-order valence-corrected chi connectivity index (χ3v) is 2.81. The monoisotopic (exact) mass is 234 g/mol. The maximum absolute atomic E-state index is 11.6. The molecule has 17 heavy (non-hydrogen) atoms. The van der Waals surface area contributed by atoms with Gasteiger partial charge in [0.15, 0.2) is 0 Å². The molecule has 0 saturated carbocycles. The summed E-state index contributed by atoms with van der Waals surface area (Å²) in [7, 11) is 0. The lowest BCUT2D eigenvalue weighted by atomic mass is 9.99. The zero-order valence-electron chi connectivity index (χ0n) is 10.9. The maximum atomic E-state index is 11.6. The number of aryl methyl sites for hydroxylation is 1. The minimum Gasteiger partial charge on any atom is -0.338 e. The van der Waals surface area contributed by atoms with Crippen molar-refractivity contribution < 1.29 is 4.79 Å². The fourth-order valence-electron chi connectivity index (χ4n) is 1.83. The molecule has 94 valence electrons. The highest BCUT2D eigenvalue weighted by Crippen LogP contribution is 2.19. The summed E-state index contributed by atoms with van der Waals surface area (Å²) in [6.07, 6.45) is 1.85. The van der Waals surface area contributed by atoms with E-state index >= 15 is 0 Å². The number of urea groups is 1. The summed E-state index contributed by atoms with van der Waals surface area (Å²) in [5.74, 6) is 0. The van der Waals surface area contributed by atoms with Crippen LogP contribution < -0.4 is 10.6 Å². The number of hydrogen-bond donors (Lipinski definition) is 2. The van der Waals surface area contributed by atoms with E-state index < -0.39 is 0 Å². The number of hydrogen-bond acceptors (Lipinski definition) is 1. The van der Waals surface area contributed by atoms with E-state index in [2.05, 4.69) is 36.6 Å². The molecule has 0 fully saturated rings. The molecule has 0 spiro atoms. The SMILES string of the molecule is CCCNC(=O)N[C@H](CC)c1ccccc1C. The van der Waals surface area contributed by atoms with Crippen molar-refractivity contribution in [2.24, 2.45) is 0 Å². The van der Waals surface area contributed by atoms with Gasteiger partial charge in [0.2, 0.25) is 0 Å². The van der Waals surface area contributed by atoms with E-state index in [1.54, 1.807) is 0 Å². The van der Waals surface area contributed by atoms with Crippen molar-refractivity contribution in [1.29, 1.82) is 0 Å². The van der Waals surface area contributed by atoms with Crippen LogP contribution in [0.2, 0.25) is 0 Å². The van der Waals surface area contributed by atoms with Crippen LogP contribution in [0.3, 0.4) is 0 Å². The van der Waals surface area contributed by atoms with Crippen molar-refractivity contribution in [3.63, 3.8) is 0 Å². The largest absolute Gasteiger partial charge is 0.338 e. The van der Waals surface area contributed by atoms with Crippen molar-refractivity contribution in [1.82, 2.24) is 10.6 Å². The zero-order valence-corrected chi connectivity index (χ0v) is 10.9. The van der Waals surface area contributed by atoms with Crippen molar-refractivity contribution in [2.45, 2.75) is 39.7 Å². The van der Waals surface area contributed by atoms with Crippen molar-refractivity contribution in [2.75, 3.05) is 6.54 Å². The molecule has 2 amide bonds. The number of nitrogens with one attached hydrogen (secondary N) is 2. The topological polar surface area (TPSA) is 41.1 Å². The van der Waals surface area contributed by atoms with Gasteiger partial charge in [-0.3, -0.25) is 0 Å². The van der Waals surface area contributed by atoms with E-state index in [9.17, 15) is 4.79 Å². The summed E-state index contributed by atoms with van der Waals surface area (Å²) in [5.41, 5.74) is 2.41. The van der Waals surface area contributed by atoms with Gasteiger partial charge in [-0.05, 0) is 30.9 Å². The Kier molecular flexibility index (Phi) is 5.53. The van der Waals surface area contributed by atoms with E-state index in [1.807, 2.05) is 19.1 Å². The second-order valence-electron chi connectivity index (χ2n) is 4.22. The highest BCUT2D eigenvalue weighted by Gasteiger charge is 2.13. The third-order valence-electron chi connectivity index (χ3n) is 2.81. The molecule has 0 aliphatic heterocycles. The first-order valence-electron chi connectivity index (χ1n) is 6.28. The van der Waals surface area contributed by atoms with Gasteiger partial charge in [-0.15, -0.1) is 0 Å². The lowest BCUT2D eigenvalue weighted by Crippen LogP contribution is -2.38. The van der Waals surface area contributed by atoms with Crippen LogP contribution in [-0.2, 0) is 0 Å². The molecule has 0 unspecified atom stereocenters. The van der Waals surface area contributed by atoms with Crippen LogP contribution in [-0.4, -0.2) is 12.6 Å². The van der Waals surface area contributed by atoms with Gasteiger partial charge in [-0.2, -0.15) is 0 Å². The summed E-state index contributed by atoms with van der Waals surface area (Å²) in [4.78, 5) is 11.6. The third kappa shape index (κ3) is 4.10. The second-order valence-corrected chi connectivity index (χ2v) is 4.22. The molecular weight excluding hydrogens is 212 g/mol. The molecule has 1 rings (SSSR count). The predicted molar refractivity (Wildman–Crippen MR) is 71.0 cm³/mol. The molecule has 3 nitrogen and oxygen atoms in total. The Morgan fingerprint density at radius 2 is 2.00 bits per heavy atom. The van der Waals surface area contributed by atoms with Gasteiger partial charge in [0.1, 0.15) is 0 Å². The first kappa shape index (κ1) is 13.6. The Bertz CT molecular complexity index is 363. The minimum atomic E-state index is -0.0815. The van der Waals surface area contributed by atoms with E-state index in [0.717, 1.165) is 19.4 Å². The lowest BCUT2D eigenvalue weighted by molar-refractivity contribution is 0.236. The molecule has 3 heteroatoms. The van der Waals surface area contributed by atoms with E-state index in [0.29, 0.717) is 0 Å². The normalized spacial score (nSPS) is 11.9. The average Bonchev–Trinajstić information content (AvgIpc) is 2.34. The van der Waals surface area contributed by atoms with Crippen LogP contribution in [0.1, 0.15) is 43.9 Å². The highest BCUT2D eigenvalue weighted by atomic mass is 16.2. The second kappa shape index (κ2) is 6.94. The van der Waals surface area contributed by atoms with Crippen molar-refractivity contribution in [3.8, 4) is 0 Å². The molecular formula is C14H22N2O. The molecule has 1 aromatic carbocycles. The van der Waals surface area contributed by atoms with Gasteiger partial charge in [-0.25, -0.2) is 4.79 Å². The molecule has 1 aromatic rings. The van der Waals surface area contributed by atoms with Gasteiger partial charge < -0.3 is 10.6 Å². The predicted octanol–water partition coefficient (Wildman–Crippen LogP) is 3.16. The van der Waals surface area contributed by atoms with Gasteiger partial charge in [0.05, 0.1) is 6.04 Å². The Hall–Kier alpha value is -1.51. The fraction of sp³-hybridized carbons (Fsp3) is 0.500. The van der Waals surface area contributed by atoms with E-state index in [4.69, 9.17) is 0 Å². The fourth-order valence-corrected chi connectivity index (χ4v) is 1.83. The Morgan fingerprint density at radius 1 is 1.29 bits per heavy atom. The maximum Gasteiger partial charge on any atom is 0.315 e. The molecule has 0 aliphatic rings. The number of benzene rings is 1. The van der Waals surface area contributed by atoms with Gasteiger partial charge in [0.25, 0.3) is 0 Å². The van der Waals surface area contributed by atoms with Crippen LogP contribution in [0.15, 0.2) is 24.3 Å². The molecule has 0 bridgehead atoms. The van der Waals surface area contributed by atoms with Crippen LogP contribution in [0, 0.1) is 6.92 Å². The number of carbonyl (C=O) groups excluding carboxylic acids is 1. The molecule has 0 radical (unpaired) electrons. The number of carbonyl (C=O) groups is 1. The average molecular weight is 234 g/mol.